The highest BCUT2D eigenvalue weighted by atomic mass is 16.5. The number of hydrogen-bond acceptors (Lipinski definition) is 5. The van der Waals surface area contributed by atoms with Crippen LogP contribution in [0.1, 0.15) is 37.8 Å². The molecule has 5 nitrogen and oxygen atoms in total. The molecule has 1 aliphatic heterocycles. The van der Waals surface area contributed by atoms with Crippen LogP contribution in [0, 0.1) is 0 Å². The van der Waals surface area contributed by atoms with Crippen LogP contribution in [0.25, 0.3) is 11.1 Å². The summed E-state index contributed by atoms with van der Waals surface area (Å²) >= 11 is 0. The first kappa shape index (κ1) is 20.0. The van der Waals surface area contributed by atoms with Crippen molar-refractivity contribution in [2.24, 2.45) is 10.7 Å². The molecule has 5 heteroatoms. The Morgan fingerprint density at radius 2 is 1.73 bits per heavy atom. The van der Waals surface area contributed by atoms with E-state index in [0.717, 1.165) is 46.6 Å². The molecule has 4 rings (SSSR count). The third-order valence-corrected chi connectivity index (χ3v) is 5.40. The van der Waals surface area contributed by atoms with Crippen LogP contribution in [-0.4, -0.2) is 24.0 Å². The number of pyridine rings is 1. The summed E-state index contributed by atoms with van der Waals surface area (Å²) in [6.45, 7) is 4.05. The van der Waals surface area contributed by atoms with Gasteiger partial charge in [0.15, 0.2) is 0 Å². The second-order valence-corrected chi connectivity index (χ2v) is 7.85. The highest BCUT2D eigenvalue weighted by molar-refractivity contribution is 5.84. The molecule has 3 aromatic rings. The quantitative estimate of drug-likeness (QED) is 0.635. The van der Waals surface area contributed by atoms with E-state index < -0.39 is 5.54 Å². The van der Waals surface area contributed by atoms with Crippen molar-refractivity contribution in [3.63, 3.8) is 0 Å². The van der Waals surface area contributed by atoms with Gasteiger partial charge in [-0.25, -0.2) is 0 Å². The Labute approximate surface area is 177 Å². The molecular formula is C25H27N3O2. The van der Waals surface area contributed by atoms with Crippen LogP contribution in [0.15, 0.2) is 72.0 Å². The predicted octanol–water partition coefficient (Wildman–Crippen LogP) is 4.94. The van der Waals surface area contributed by atoms with Crippen molar-refractivity contribution >= 4 is 5.84 Å². The zero-order chi connectivity index (χ0) is 21.1. The molecule has 2 heterocycles. The lowest BCUT2D eigenvalue weighted by atomic mass is 9.80. The van der Waals surface area contributed by atoms with Crippen LogP contribution < -0.4 is 15.2 Å². The summed E-state index contributed by atoms with van der Waals surface area (Å²) in [5.74, 6) is 2.28. The monoisotopic (exact) mass is 401 g/mol. The molecule has 0 radical (unpaired) electrons. The van der Waals surface area contributed by atoms with E-state index in [4.69, 9.17) is 20.2 Å². The van der Waals surface area contributed by atoms with E-state index in [9.17, 15) is 0 Å². The lowest BCUT2D eigenvalue weighted by molar-refractivity contribution is 0.242. The number of amidine groups is 1. The van der Waals surface area contributed by atoms with Crippen molar-refractivity contribution in [2.75, 3.05) is 7.11 Å². The Morgan fingerprint density at radius 3 is 2.40 bits per heavy atom. The first-order valence-electron chi connectivity index (χ1n) is 10.2. The summed E-state index contributed by atoms with van der Waals surface area (Å²) in [6.07, 6.45) is 5.30. The van der Waals surface area contributed by atoms with Gasteiger partial charge >= 0.3 is 0 Å². The van der Waals surface area contributed by atoms with Crippen molar-refractivity contribution in [3.05, 3.63) is 78.1 Å². The second kappa shape index (κ2) is 8.19. The van der Waals surface area contributed by atoms with E-state index in [1.165, 1.54) is 0 Å². The minimum Gasteiger partial charge on any atom is -0.495 e. The number of aliphatic imine (C=N–C) groups is 1. The summed E-state index contributed by atoms with van der Waals surface area (Å²) in [4.78, 5) is 9.23. The van der Waals surface area contributed by atoms with Crippen LogP contribution in [0.5, 0.6) is 11.5 Å². The molecule has 0 fully saturated rings. The van der Waals surface area contributed by atoms with Gasteiger partial charge in [0.1, 0.15) is 17.0 Å². The van der Waals surface area contributed by atoms with Crippen molar-refractivity contribution in [2.45, 2.75) is 38.3 Å². The molecule has 0 spiro atoms. The van der Waals surface area contributed by atoms with Crippen molar-refractivity contribution < 1.29 is 9.47 Å². The van der Waals surface area contributed by atoms with Crippen LogP contribution in [0.3, 0.4) is 0 Å². The maximum Gasteiger partial charge on any atom is 0.137 e. The fraction of sp³-hybridized carbons (Fsp3) is 0.280. The standard InChI is InChI=1S/C25H27N3O2/c1-17(2)30-22-9-7-20(8-10-22)25(12-11-24(26)28-25)21-6-4-5-18(13-21)19-14-23(29-3)16-27-15-19/h4-10,13-17H,11-12H2,1-3H3,(H2,26,28). The maximum absolute atomic E-state index is 6.17. The van der Waals surface area contributed by atoms with Crippen molar-refractivity contribution in [1.29, 1.82) is 0 Å². The molecule has 2 N–H and O–H groups in total. The topological polar surface area (TPSA) is 69.7 Å². The van der Waals surface area contributed by atoms with E-state index in [2.05, 4.69) is 41.4 Å². The fourth-order valence-electron chi connectivity index (χ4n) is 3.98. The SMILES string of the molecule is COc1cncc(-c2cccc(C3(c4ccc(OC(C)C)cc4)CCC(N)=N3)c2)c1. The van der Waals surface area contributed by atoms with Crippen LogP contribution >= 0.6 is 0 Å². The second-order valence-electron chi connectivity index (χ2n) is 7.85. The Morgan fingerprint density at radius 1 is 0.933 bits per heavy atom. The summed E-state index contributed by atoms with van der Waals surface area (Å²) in [7, 11) is 1.65. The van der Waals surface area contributed by atoms with Crippen LogP contribution in [0.4, 0.5) is 0 Å². The van der Waals surface area contributed by atoms with Gasteiger partial charge < -0.3 is 15.2 Å². The molecular weight excluding hydrogens is 374 g/mol. The van der Waals surface area contributed by atoms with Gasteiger partial charge in [-0.3, -0.25) is 9.98 Å². The molecule has 0 bridgehead atoms. The van der Waals surface area contributed by atoms with Crippen LogP contribution in [0.2, 0.25) is 0 Å². The predicted molar refractivity (Wildman–Crippen MR) is 120 cm³/mol. The molecule has 1 unspecified atom stereocenters. The molecule has 0 aliphatic carbocycles. The minimum absolute atomic E-state index is 0.137. The van der Waals surface area contributed by atoms with E-state index in [1.807, 2.05) is 38.2 Å². The summed E-state index contributed by atoms with van der Waals surface area (Å²) in [5, 5.41) is 0. The summed E-state index contributed by atoms with van der Waals surface area (Å²) in [5.41, 5.74) is 9.96. The van der Waals surface area contributed by atoms with Gasteiger partial charge in [0.05, 0.1) is 25.2 Å². The highest BCUT2D eigenvalue weighted by Gasteiger charge is 2.38. The summed E-state index contributed by atoms with van der Waals surface area (Å²) < 4.78 is 11.1. The molecule has 1 aliphatic rings. The number of methoxy groups -OCH3 is 1. The third kappa shape index (κ3) is 3.88. The van der Waals surface area contributed by atoms with Gasteiger partial charge in [-0.2, -0.15) is 0 Å². The fourth-order valence-corrected chi connectivity index (χ4v) is 3.98. The molecule has 2 aromatic carbocycles. The Bertz CT molecular complexity index is 1060. The normalized spacial score (nSPS) is 18.3. The van der Waals surface area contributed by atoms with Crippen molar-refractivity contribution in [1.82, 2.24) is 4.98 Å². The largest absolute Gasteiger partial charge is 0.495 e. The third-order valence-electron chi connectivity index (χ3n) is 5.40. The van der Waals surface area contributed by atoms with E-state index in [-0.39, 0.29) is 6.10 Å². The zero-order valence-electron chi connectivity index (χ0n) is 17.6. The molecule has 1 atom stereocenters. The number of rotatable bonds is 6. The molecule has 0 saturated carbocycles. The van der Waals surface area contributed by atoms with Gasteiger partial charge in [-0.15, -0.1) is 0 Å². The van der Waals surface area contributed by atoms with E-state index >= 15 is 0 Å². The van der Waals surface area contributed by atoms with Gasteiger partial charge in [0.25, 0.3) is 0 Å². The average Bonchev–Trinajstić information content (AvgIpc) is 3.17. The molecule has 30 heavy (non-hydrogen) atoms. The van der Waals surface area contributed by atoms with Gasteiger partial charge in [-0.1, -0.05) is 30.3 Å². The summed E-state index contributed by atoms with van der Waals surface area (Å²) in [6, 6.07) is 18.6. The van der Waals surface area contributed by atoms with Crippen molar-refractivity contribution in [3.8, 4) is 22.6 Å². The van der Waals surface area contributed by atoms with Gasteiger partial charge in [0.2, 0.25) is 0 Å². The maximum atomic E-state index is 6.17. The lowest BCUT2D eigenvalue weighted by Gasteiger charge is -2.28. The first-order valence-corrected chi connectivity index (χ1v) is 10.2. The number of benzene rings is 2. The highest BCUT2D eigenvalue weighted by Crippen LogP contribution is 2.43. The average molecular weight is 402 g/mol. The Hall–Kier alpha value is -3.34. The number of nitrogens with zero attached hydrogens (tertiary/aromatic N) is 2. The smallest absolute Gasteiger partial charge is 0.137 e. The minimum atomic E-state index is -0.497. The van der Waals surface area contributed by atoms with E-state index in [1.54, 1.807) is 13.3 Å². The molecule has 0 saturated heterocycles. The number of nitrogens with two attached hydrogens (primary N) is 1. The number of aromatic nitrogens is 1. The Kier molecular flexibility index (Phi) is 5.44. The van der Waals surface area contributed by atoms with Gasteiger partial charge in [0, 0.05) is 18.2 Å². The van der Waals surface area contributed by atoms with E-state index in [0.29, 0.717) is 5.84 Å². The molecule has 154 valence electrons. The van der Waals surface area contributed by atoms with Gasteiger partial charge in [-0.05, 0) is 61.2 Å². The Balaban J connectivity index is 1.76. The van der Waals surface area contributed by atoms with Crippen LogP contribution in [-0.2, 0) is 5.54 Å². The molecule has 1 aromatic heterocycles. The number of hydrogen-bond donors (Lipinski definition) is 1. The number of ether oxygens (including phenoxy) is 2. The molecule has 0 amide bonds. The zero-order valence-corrected chi connectivity index (χ0v) is 17.6. The first-order chi connectivity index (χ1) is 14.5. The lowest BCUT2D eigenvalue weighted by Crippen LogP contribution is -2.23.